The molecule has 1 fully saturated rings. The summed E-state index contributed by atoms with van der Waals surface area (Å²) in [5.41, 5.74) is 2.77. The summed E-state index contributed by atoms with van der Waals surface area (Å²) in [6, 6.07) is 6.05. The van der Waals surface area contributed by atoms with Gasteiger partial charge in [-0.2, -0.15) is 4.99 Å². The molecule has 1 aliphatic carbocycles. The summed E-state index contributed by atoms with van der Waals surface area (Å²) in [5.74, 6) is 0. The van der Waals surface area contributed by atoms with Crippen molar-refractivity contribution in [3.8, 4) is 0 Å². The van der Waals surface area contributed by atoms with Crippen molar-refractivity contribution in [3.05, 3.63) is 30.1 Å². The zero-order valence-electron chi connectivity index (χ0n) is 10.4. The lowest BCUT2D eigenvalue weighted by molar-refractivity contribution is 0.458. The van der Waals surface area contributed by atoms with E-state index in [-0.39, 0.29) is 5.54 Å². The zero-order valence-corrected chi connectivity index (χ0v) is 10.4. The van der Waals surface area contributed by atoms with Gasteiger partial charge in [-0.1, -0.05) is 25.0 Å². The van der Waals surface area contributed by atoms with Crippen LogP contribution < -0.4 is 0 Å². The van der Waals surface area contributed by atoms with Gasteiger partial charge in [-0.25, -0.2) is 9.78 Å². The van der Waals surface area contributed by atoms with E-state index in [0.717, 1.165) is 42.3 Å². The zero-order chi connectivity index (χ0) is 12.6. The van der Waals surface area contributed by atoms with Crippen molar-refractivity contribution in [1.82, 2.24) is 9.55 Å². The van der Waals surface area contributed by atoms with Crippen LogP contribution in [0, 0.1) is 0 Å². The first-order valence-corrected chi connectivity index (χ1v) is 6.26. The average Bonchev–Trinajstić information content (AvgIpc) is 2.98. The lowest BCUT2D eigenvalue weighted by Crippen LogP contribution is -2.20. The fourth-order valence-electron chi connectivity index (χ4n) is 3.08. The predicted octanol–water partition coefficient (Wildman–Crippen LogP) is 2.68. The van der Waals surface area contributed by atoms with Crippen molar-refractivity contribution in [2.45, 2.75) is 31.2 Å². The Kier molecular flexibility index (Phi) is 2.53. The second kappa shape index (κ2) is 4.07. The van der Waals surface area contributed by atoms with Gasteiger partial charge in [0.15, 0.2) is 0 Å². The van der Waals surface area contributed by atoms with E-state index in [4.69, 9.17) is 0 Å². The van der Waals surface area contributed by atoms with Crippen molar-refractivity contribution in [1.29, 1.82) is 0 Å². The maximum atomic E-state index is 10.8. The minimum absolute atomic E-state index is 0.380. The highest BCUT2D eigenvalue weighted by atomic mass is 16.1. The summed E-state index contributed by atoms with van der Waals surface area (Å²) in [6.07, 6.45) is 7.64. The molecule has 0 atom stereocenters. The lowest BCUT2D eigenvalue weighted by Gasteiger charge is -2.24. The van der Waals surface area contributed by atoms with Crippen molar-refractivity contribution in [3.63, 3.8) is 0 Å². The Labute approximate surface area is 105 Å². The van der Waals surface area contributed by atoms with Gasteiger partial charge in [0.2, 0.25) is 6.08 Å². The molecule has 0 saturated heterocycles. The van der Waals surface area contributed by atoms with Crippen LogP contribution in [-0.4, -0.2) is 15.6 Å². The molecule has 3 rings (SSSR count). The van der Waals surface area contributed by atoms with Gasteiger partial charge < -0.3 is 4.57 Å². The summed E-state index contributed by atoms with van der Waals surface area (Å²) in [5, 5.41) is 0. The van der Waals surface area contributed by atoms with Gasteiger partial charge >= 0.3 is 0 Å². The van der Waals surface area contributed by atoms with Gasteiger partial charge in [0.05, 0.1) is 17.4 Å². The number of aliphatic imine (C=N–C) groups is 1. The number of fused-ring (bicyclic) bond motifs is 1. The molecule has 4 nitrogen and oxygen atoms in total. The van der Waals surface area contributed by atoms with Crippen LogP contribution in [0.2, 0.25) is 0 Å². The molecule has 1 heterocycles. The minimum Gasteiger partial charge on any atom is -0.333 e. The molecule has 0 spiro atoms. The Bertz CT molecular complexity index is 632. The number of hydrogen-bond donors (Lipinski definition) is 0. The first kappa shape index (κ1) is 11.2. The highest BCUT2D eigenvalue weighted by molar-refractivity contribution is 5.80. The van der Waals surface area contributed by atoms with Gasteiger partial charge in [-0.3, -0.25) is 0 Å². The van der Waals surface area contributed by atoms with E-state index in [9.17, 15) is 4.79 Å². The Balaban J connectivity index is 2.29. The van der Waals surface area contributed by atoms with Crippen LogP contribution in [0.15, 0.2) is 29.5 Å². The number of carbonyl (C=O) groups excluding carboxylic acids is 1. The highest BCUT2D eigenvalue weighted by Crippen LogP contribution is 2.44. The molecule has 18 heavy (non-hydrogen) atoms. The number of nitrogens with zero attached hydrogens (tertiary/aromatic N) is 3. The largest absolute Gasteiger partial charge is 0.333 e. The number of imidazole rings is 1. The van der Waals surface area contributed by atoms with Crippen molar-refractivity contribution < 1.29 is 4.79 Å². The molecule has 0 amide bonds. The van der Waals surface area contributed by atoms with Crippen molar-refractivity contribution in [2.75, 3.05) is 0 Å². The molecule has 0 unspecified atom stereocenters. The Morgan fingerprint density at radius 2 is 2.17 bits per heavy atom. The quantitative estimate of drug-likeness (QED) is 0.599. The molecule has 1 aliphatic rings. The number of aromatic nitrogens is 2. The van der Waals surface area contributed by atoms with Gasteiger partial charge in [0.25, 0.3) is 0 Å². The Morgan fingerprint density at radius 1 is 1.39 bits per heavy atom. The number of para-hydroxylation sites is 1. The van der Waals surface area contributed by atoms with Crippen molar-refractivity contribution in [2.24, 2.45) is 12.0 Å². The van der Waals surface area contributed by atoms with Gasteiger partial charge in [-0.05, 0) is 18.9 Å². The first-order chi connectivity index (χ1) is 8.77. The summed E-state index contributed by atoms with van der Waals surface area (Å²) >= 11 is 0. The molecular formula is C14H15N3O. The maximum absolute atomic E-state index is 10.8. The van der Waals surface area contributed by atoms with E-state index in [1.165, 1.54) is 0 Å². The maximum Gasteiger partial charge on any atom is 0.235 e. The Morgan fingerprint density at radius 3 is 2.89 bits per heavy atom. The normalized spacial score (nSPS) is 17.8. The molecule has 2 aromatic rings. The average molecular weight is 241 g/mol. The van der Waals surface area contributed by atoms with E-state index in [1.807, 2.05) is 23.7 Å². The van der Waals surface area contributed by atoms with Crippen LogP contribution in [0.5, 0.6) is 0 Å². The second-order valence-electron chi connectivity index (χ2n) is 4.97. The molecule has 0 bridgehead atoms. The molecule has 1 aromatic carbocycles. The number of aryl methyl sites for hydroxylation is 1. The van der Waals surface area contributed by atoms with Gasteiger partial charge in [0.1, 0.15) is 5.54 Å². The van der Waals surface area contributed by atoms with Crippen LogP contribution in [0.25, 0.3) is 11.0 Å². The SMILES string of the molecule is Cn1cnc2cccc(C3(N=C=O)CCCC3)c21. The molecule has 0 aliphatic heterocycles. The first-order valence-electron chi connectivity index (χ1n) is 6.26. The van der Waals surface area contributed by atoms with E-state index in [0.29, 0.717) is 0 Å². The molecule has 0 N–H and O–H groups in total. The van der Waals surface area contributed by atoms with Crippen LogP contribution in [0.3, 0.4) is 0 Å². The Hall–Kier alpha value is -1.93. The van der Waals surface area contributed by atoms with Gasteiger partial charge in [0, 0.05) is 12.6 Å². The molecule has 0 radical (unpaired) electrons. The van der Waals surface area contributed by atoms with Crippen LogP contribution in [-0.2, 0) is 17.4 Å². The third-order valence-electron chi connectivity index (χ3n) is 3.93. The molecular weight excluding hydrogens is 226 g/mol. The summed E-state index contributed by atoms with van der Waals surface area (Å²) in [4.78, 5) is 19.3. The number of hydrogen-bond acceptors (Lipinski definition) is 3. The predicted molar refractivity (Wildman–Crippen MR) is 69.0 cm³/mol. The third kappa shape index (κ3) is 1.50. The third-order valence-corrected chi connectivity index (χ3v) is 3.93. The summed E-state index contributed by atoms with van der Waals surface area (Å²) < 4.78 is 2.01. The second-order valence-corrected chi connectivity index (χ2v) is 4.97. The molecule has 4 heteroatoms. The topological polar surface area (TPSA) is 47.2 Å². The molecule has 92 valence electrons. The monoisotopic (exact) mass is 241 g/mol. The van der Waals surface area contributed by atoms with E-state index >= 15 is 0 Å². The summed E-state index contributed by atoms with van der Waals surface area (Å²) in [6.45, 7) is 0. The van der Waals surface area contributed by atoms with Crippen LogP contribution >= 0.6 is 0 Å². The molecule has 1 aromatic heterocycles. The summed E-state index contributed by atoms with van der Waals surface area (Å²) in [7, 11) is 1.98. The standard InChI is InChI=1S/C14H15N3O/c1-17-9-15-12-6-4-5-11(13(12)17)14(16-10-18)7-2-3-8-14/h4-6,9H,2-3,7-8H2,1H3. The number of benzene rings is 1. The minimum atomic E-state index is -0.380. The lowest BCUT2D eigenvalue weighted by atomic mass is 9.88. The van der Waals surface area contributed by atoms with E-state index < -0.39 is 0 Å². The molecule has 1 saturated carbocycles. The van der Waals surface area contributed by atoms with E-state index in [2.05, 4.69) is 16.0 Å². The van der Waals surface area contributed by atoms with Gasteiger partial charge in [-0.15, -0.1) is 0 Å². The van der Waals surface area contributed by atoms with Crippen LogP contribution in [0.4, 0.5) is 0 Å². The van der Waals surface area contributed by atoms with E-state index in [1.54, 1.807) is 12.4 Å². The fraction of sp³-hybridized carbons (Fsp3) is 0.429. The fourth-order valence-corrected chi connectivity index (χ4v) is 3.08. The van der Waals surface area contributed by atoms with Crippen LogP contribution in [0.1, 0.15) is 31.2 Å². The van der Waals surface area contributed by atoms with Crippen molar-refractivity contribution >= 4 is 17.1 Å². The number of isocyanates is 1. The number of rotatable bonds is 2. The smallest absolute Gasteiger partial charge is 0.235 e. The highest BCUT2D eigenvalue weighted by Gasteiger charge is 2.37.